The number of aliphatic hydroxyl groups is 1. The van der Waals surface area contributed by atoms with Crippen LogP contribution < -0.4 is 15.2 Å². The Morgan fingerprint density at radius 2 is 1.73 bits per heavy atom. The van der Waals surface area contributed by atoms with E-state index in [1.165, 1.54) is 0 Å². The summed E-state index contributed by atoms with van der Waals surface area (Å²) in [5.41, 5.74) is 7.04. The van der Waals surface area contributed by atoms with Crippen molar-refractivity contribution < 1.29 is 14.6 Å². The van der Waals surface area contributed by atoms with Crippen molar-refractivity contribution >= 4 is 0 Å². The molecule has 4 heteroatoms. The standard InChI is InChI=1S/C11H17NO3/c1-7-4-9(14-2)11(8(13)6-12)10(5-7)15-3/h4-5,8,13H,6,12H2,1-3H3/t8-/m1/s1. The number of nitrogens with two attached hydrogens (primary N) is 1. The molecule has 84 valence electrons. The molecule has 1 aromatic carbocycles. The van der Waals surface area contributed by atoms with Gasteiger partial charge in [-0.25, -0.2) is 0 Å². The van der Waals surface area contributed by atoms with E-state index in [1.807, 2.05) is 19.1 Å². The summed E-state index contributed by atoms with van der Waals surface area (Å²) in [7, 11) is 3.11. The van der Waals surface area contributed by atoms with Gasteiger partial charge in [0, 0.05) is 6.54 Å². The molecule has 0 aliphatic rings. The lowest BCUT2D eigenvalue weighted by Gasteiger charge is -2.17. The molecule has 0 aromatic heterocycles. The monoisotopic (exact) mass is 211 g/mol. The average Bonchev–Trinajstić information content (AvgIpc) is 2.26. The van der Waals surface area contributed by atoms with Crippen LogP contribution in [0.4, 0.5) is 0 Å². The zero-order valence-corrected chi connectivity index (χ0v) is 9.28. The van der Waals surface area contributed by atoms with Crippen LogP contribution in [0.15, 0.2) is 12.1 Å². The van der Waals surface area contributed by atoms with E-state index in [9.17, 15) is 5.11 Å². The quantitative estimate of drug-likeness (QED) is 0.780. The van der Waals surface area contributed by atoms with Crippen molar-refractivity contribution in [2.45, 2.75) is 13.0 Å². The van der Waals surface area contributed by atoms with Gasteiger partial charge in [-0.2, -0.15) is 0 Å². The first-order valence-corrected chi connectivity index (χ1v) is 4.74. The van der Waals surface area contributed by atoms with E-state index in [4.69, 9.17) is 15.2 Å². The molecule has 4 nitrogen and oxygen atoms in total. The Bertz CT molecular complexity index is 314. The predicted molar refractivity (Wildman–Crippen MR) is 58.3 cm³/mol. The molecule has 0 bridgehead atoms. The second kappa shape index (κ2) is 5.00. The van der Waals surface area contributed by atoms with E-state index >= 15 is 0 Å². The zero-order valence-electron chi connectivity index (χ0n) is 9.28. The average molecular weight is 211 g/mol. The highest BCUT2D eigenvalue weighted by Gasteiger charge is 2.18. The van der Waals surface area contributed by atoms with Crippen LogP contribution in [-0.2, 0) is 0 Å². The smallest absolute Gasteiger partial charge is 0.128 e. The summed E-state index contributed by atoms with van der Waals surface area (Å²) in [5.74, 6) is 1.20. The Kier molecular flexibility index (Phi) is 3.94. The first-order valence-electron chi connectivity index (χ1n) is 4.74. The van der Waals surface area contributed by atoms with E-state index in [2.05, 4.69) is 0 Å². The van der Waals surface area contributed by atoms with Gasteiger partial charge in [0.25, 0.3) is 0 Å². The van der Waals surface area contributed by atoms with Crippen molar-refractivity contribution in [1.29, 1.82) is 0 Å². The minimum atomic E-state index is -0.768. The zero-order chi connectivity index (χ0) is 11.4. The van der Waals surface area contributed by atoms with Crippen molar-refractivity contribution in [3.05, 3.63) is 23.3 Å². The van der Waals surface area contributed by atoms with Crippen LogP contribution in [0, 0.1) is 6.92 Å². The minimum Gasteiger partial charge on any atom is -0.496 e. The SMILES string of the molecule is COc1cc(C)cc(OC)c1[C@H](O)CN. The number of aryl methyl sites for hydroxylation is 1. The Balaban J connectivity index is 3.30. The highest BCUT2D eigenvalue weighted by molar-refractivity contribution is 5.49. The normalized spacial score (nSPS) is 12.3. The Hall–Kier alpha value is -1.26. The van der Waals surface area contributed by atoms with Gasteiger partial charge >= 0.3 is 0 Å². The summed E-state index contributed by atoms with van der Waals surface area (Å²) < 4.78 is 10.4. The molecule has 1 rings (SSSR count). The molecule has 0 aliphatic heterocycles. The molecule has 0 saturated heterocycles. The van der Waals surface area contributed by atoms with Gasteiger partial charge in [-0.05, 0) is 24.6 Å². The van der Waals surface area contributed by atoms with Crippen LogP contribution in [-0.4, -0.2) is 25.9 Å². The van der Waals surface area contributed by atoms with Gasteiger partial charge in [0.15, 0.2) is 0 Å². The third-order valence-electron chi connectivity index (χ3n) is 2.24. The van der Waals surface area contributed by atoms with Gasteiger partial charge in [0.1, 0.15) is 11.5 Å². The van der Waals surface area contributed by atoms with Gasteiger partial charge in [-0.15, -0.1) is 0 Å². The number of benzene rings is 1. The molecule has 0 radical (unpaired) electrons. The van der Waals surface area contributed by atoms with Crippen molar-refractivity contribution in [2.75, 3.05) is 20.8 Å². The lowest BCUT2D eigenvalue weighted by Crippen LogP contribution is -2.14. The lowest BCUT2D eigenvalue weighted by atomic mass is 10.0. The molecule has 1 aromatic rings. The van der Waals surface area contributed by atoms with E-state index < -0.39 is 6.10 Å². The molecule has 0 amide bonds. The van der Waals surface area contributed by atoms with Gasteiger partial charge in [-0.1, -0.05) is 0 Å². The first kappa shape index (κ1) is 11.8. The summed E-state index contributed by atoms with van der Waals surface area (Å²) in [6.45, 7) is 2.07. The first-order chi connectivity index (χ1) is 7.13. The fourth-order valence-electron chi connectivity index (χ4n) is 1.52. The van der Waals surface area contributed by atoms with Crippen LogP contribution >= 0.6 is 0 Å². The molecule has 0 unspecified atom stereocenters. The molecule has 0 aliphatic carbocycles. The number of ether oxygens (including phenoxy) is 2. The van der Waals surface area contributed by atoms with Gasteiger partial charge in [0.05, 0.1) is 25.9 Å². The minimum absolute atomic E-state index is 0.135. The van der Waals surface area contributed by atoms with Crippen molar-refractivity contribution in [3.8, 4) is 11.5 Å². The summed E-state index contributed by atoms with van der Waals surface area (Å²) in [6.07, 6.45) is -0.768. The maximum Gasteiger partial charge on any atom is 0.128 e. The van der Waals surface area contributed by atoms with E-state index in [0.717, 1.165) is 5.56 Å². The van der Waals surface area contributed by atoms with Crippen LogP contribution in [0.3, 0.4) is 0 Å². The number of methoxy groups -OCH3 is 2. The molecule has 1 atom stereocenters. The number of hydrogen-bond acceptors (Lipinski definition) is 4. The fraction of sp³-hybridized carbons (Fsp3) is 0.455. The Morgan fingerprint density at radius 1 is 1.27 bits per heavy atom. The maximum atomic E-state index is 9.76. The molecule has 3 N–H and O–H groups in total. The number of hydrogen-bond donors (Lipinski definition) is 2. The third kappa shape index (κ3) is 2.40. The van der Waals surface area contributed by atoms with Crippen molar-refractivity contribution in [2.24, 2.45) is 5.73 Å². The van der Waals surface area contributed by atoms with E-state index in [-0.39, 0.29) is 6.54 Å². The summed E-state index contributed by atoms with van der Waals surface area (Å²) in [6, 6.07) is 3.69. The second-order valence-corrected chi connectivity index (χ2v) is 3.33. The second-order valence-electron chi connectivity index (χ2n) is 3.33. The van der Waals surface area contributed by atoms with Crippen LogP contribution in [0.25, 0.3) is 0 Å². The number of aliphatic hydroxyl groups excluding tert-OH is 1. The topological polar surface area (TPSA) is 64.7 Å². The summed E-state index contributed by atoms with van der Waals surface area (Å²) in [5, 5.41) is 9.76. The highest BCUT2D eigenvalue weighted by atomic mass is 16.5. The van der Waals surface area contributed by atoms with Gasteiger partial charge < -0.3 is 20.3 Å². The fourth-order valence-corrected chi connectivity index (χ4v) is 1.52. The van der Waals surface area contributed by atoms with Crippen LogP contribution in [0.2, 0.25) is 0 Å². The van der Waals surface area contributed by atoms with E-state index in [0.29, 0.717) is 17.1 Å². The molecule has 0 spiro atoms. The Morgan fingerprint density at radius 3 is 2.07 bits per heavy atom. The van der Waals surface area contributed by atoms with Crippen molar-refractivity contribution in [1.82, 2.24) is 0 Å². The molecular weight excluding hydrogens is 194 g/mol. The van der Waals surface area contributed by atoms with Gasteiger partial charge in [-0.3, -0.25) is 0 Å². The van der Waals surface area contributed by atoms with Gasteiger partial charge in [0.2, 0.25) is 0 Å². The third-order valence-corrected chi connectivity index (χ3v) is 2.24. The molecule has 15 heavy (non-hydrogen) atoms. The largest absolute Gasteiger partial charge is 0.496 e. The highest BCUT2D eigenvalue weighted by Crippen LogP contribution is 2.34. The number of rotatable bonds is 4. The molecule has 0 saturated carbocycles. The van der Waals surface area contributed by atoms with Crippen LogP contribution in [0.1, 0.15) is 17.2 Å². The predicted octanol–water partition coefficient (Wildman–Crippen LogP) is 1.00. The van der Waals surface area contributed by atoms with Crippen molar-refractivity contribution in [3.63, 3.8) is 0 Å². The Labute approximate surface area is 89.6 Å². The summed E-state index contributed by atoms with van der Waals surface area (Å²) in [4.78, 5) is 0. The van der Waals surface area contributed by atoms with E-state index in [1.54, 1.807) is 14.2 Å². The lowest BCUT2D eigenvalue weighted by molar-refractivity contribution is 0.177. The summed E-state index contributed by atoms with van der Waals surface area (Å²) >= 11 is 0. The molecular formula is C11H17NO3. The molecule has 0 fully saturated rings. The van der Waals surface area contributed by atoms with Crippen LogP contribution in [0.5, 0.6) is 11.5 Å². The maximum absolute atomic E-state index is 9.76. The molecule has 0 heterocycles.